The van der Waals surface area contributed by atoms with E-state index in [9.17, 15) is 17.6 Å². The predicted molar refractivity (Wildman–Crippen MR) is 103 cm³/mol. The van der Waals surface area contributed by atoms with E-state index in [0.29, 0.717) is 25.9 Å². The minimum atomic E-state index is -3.75. The van der Waals surface area contributed by atoms with Crippen molar-refractivity contribution in [2.45, 2.75) is 51.0 Å². The zero-order chi connectivity index (χ0) is 20.4. The molecule has 0 saturated carbocycles. The van der Waals surface area contributed by atoms with Crippen LogP contribution in [0, 0.1) is 5.82 Å². The zero-order valence-corrected chi connectivity index (χ0v) is 17.6. The molecule has 0 spiro atoms. The number of amides is 1. The summed E-state index contributed by atoms with van der Waals surface area (Å²) in [5, 5.41) is 0.0896. The molecule has 0 aliphatic carbocycles. The number of carbonyl (C=O) groups excluding carboxylic acids is 1. The number of likely N-dealkylation sites (tertiary alicyclic amines) is 1. The van der Waals surface area contributed by atoms with Gasteiger partial charge in [-0.15, -0.1) is 0 Å². The molecule has 1 saturated heterocycles. The Kier molecular flexibility index (Phi) is 6.76. The van der Waals surface area contributed by atoms with Crippen LogP contribution in [0.15, 0.2) is 18.2 Å². The smallest absolute Gasteiger partial charge is 0.410 e. The van der Waals surface area contributed by atoms with E-state index in [4.69, 9.17) is 16.3 Å². The number of sulfonamides is 1. The number of halogens is 2. The SMILES string of the molecule is CN(C1CCN(C(=O)OC(C)(C)C)CC1)S(=O)(=O)Cc1c(F)cccc1Cl. The Morgan fingerprint density at radius 1 is 1.33 bits per heavy atom. The van der Waals surface area contributed by atoms with Gasteiger partial charge in [0, 0.05) is 36.8 Å². The topological polar surface area (TPSA) is 66.9 Å². The maximum absolute atomic E-state index is 13.9. The van der Waals surface area contributed by atoms with Crippen molar-refractivity contribution >= 4 is 27.7 Å². The molecule has 1 amide bonds. The average Bonchev–Trinajstić information content (AvgIpc) is 2.56. The molecule has 1 fully saturated rings. The molecule has 1 heterocycles. The number of benzene rings is 1. The summed E-state index contributed by atoms with van der Waals surface area (Å²) in [5.41, 5.74) is -0.607. The van der Waals surface area contributed by atoms with Crippen LogP contribution >= 0.6 is 11.6 Å². The molecule has 0 bridgehead atoms. The highest BCUT2D eigenvalue weighted by atomic mass is 35.5. The van der Waals surface area contributed by atoms with Crippen LogP contribution in [-0.4, -0.2) is 55.5 Å². The summed E-state index contributed by atoms with van der Waals surface area (Å²) in [6.45, 7) is 6.20. The van der Waals surface area contributed by atoms with Crippen LogP contribution in [0.4, 0.5) is 9.18 Å². The zero-order valence-electron chi connectivity index (χ0n) is 16.0. The number of ether oxygens (including phenoxy) is 1. The van der Waals surface area contributed by atoms with Crippen molar-refractivity contribution in [3.05, 3.63) is 34.6 Å². The second-order valence-corrected chi connectivity index (χ2v) is 10.1. The highest BCUT2D eigenvalue weighted by molar-refractivity contribution is 7.88. The Morgan fingerprint density at radius 2 is 1.93 bits per heavy atom. The Bertz CT molecular complexity index is 767. The molecule has 0 aromatic heterocycles. The second-order valence-electron chi connectivity index (χ2n) is 7.67. The van der Waals surface area contributed by atoms with Gasteiger partial charge in [-0.05, 0) is 45.7 Å². The first-order chi connectivity index (χ1) is 12.4. The summed E-state index contributed by atoms with van der Waals surface area (Å²) in [4.78, 5) is 13.7. The van der Waals surface area contributed by atoms with Gasteiger partial charge in [0.15, 0.2) is 0 Å². The van der Waals surface area contributed by atoms with Gasteiger partial charge in [-0.3, -0.25) is 0 Å². The summed E-state index contributed by atoms with van der Waals surface area (Å²) >= 11 is 5.95. The van der Waals surface area contributed by atoms with Gasteiger partial charge in [0.25, 0.3) is 0 Å². The summed E-state index contributed by atoms with van der Waals surface area (Å²) in [6.07, 6.45) is 0.574. The third-order valence-electron chi connectivity index (χ3n) is 4.46. The summed E-state index contributed by atoms with van der Waals surface area (Å²) in [7, 11) is -2.27. The van der Waals surface area contributed by atoms with Crippen molar-refractivity contribution in [3.63, 3.8) is 0 Å². The van der Waals surface area contributed by atoms with E-state index < -0.39 is 33.3 Å². The molecule has 1 aliphatic heterocycles. The van der Waals surface area contributed by atoms with E-state index in [-0.39, 0.29) is 16.6 Å². The fourth-order valence-electron chi connectivity index (χ4n) is 2.92. The Morgan fingerprint density at radius 3 is 2.44 bits per heavy atom. The second kappa shape index (κ2) is 8.32. The number of nitrogens with zero attached hydrogens (tertiary/aromatic N) is 2. The van der Waals surface area contributed by atoms with E-state index in [2.05, 4.69) is 0 Å². The highest BCUT2D eigenvalue weighted by Crippen LogP contribution is 2.25. The fraction of sp³-hybridized carbons (Fsp3) is 0.611. The van der Waals surface area contributed by atoms with Crippen molar-refractivity contribution in [2.75, 3.05) is 20.1 Å². The van der Waals surface area contributed by atoms with Crippen LogP contribution in [0.25, 0.3) is 0 Å². The highest BCUT2D eigenvalue weighted by Gasteiger charge is 2.33. The van der Waals surface area contributed by atoms with Crippen molar-refractivity contribution in [2.24, 2.45) is 0 Å². The summed E-state index contributed by atoms with van der Waals surface area (Å²) < 4.78 is 46.0. The van der Waals surface area contributed by atoms with Gasteiger partial charge in [0.2, 0.25) is 10.0 Å². The molecule has 1 aromatic rings. The number of hydrogen-bond acceptors (Lipinski definition) is 4. The molecular formula is C18H26ClFN2O4S. The molecule has 0 unspecified atom stereocenters. The third kappa shape index (κ3) is 5.80. The number of carbonyl (C=O) groups is 1. The molecule has 1 aliphatic rings. The quantitative estimate of drug-likeness (QED) is 0.745. The van der Waals surface area contributed by atoms with Crippen molar-refractivity contribution < 1.29 is 22.3 Å². The van der Waals surface area contributed by atoms with Gasteiger partial charge in [0.1, 0.15) is 11.4 Å². The lowest BCUT2D eigenvalue weighted by atomic mass is 10.1. The Balaban J connectivity index is 2.00. The average molecular weight is 421 g/mol. The van der Waals surface area contributed by atoms with Gasteiger partial charge in [-0.25, -0.2) is 21.9 Å². The largest absolute Gasteiger partial charge is 0.444 e. The van der Waals surface area contributed by atoms with Gasteiger partial charge < -0.3 is 9.64 Å². The molecule has 0 atom stereocenters. The molecule has 152 valence electrons. The summed E-state index contributed by atoms with van der Waals surface area (Å²) in [6, 6.07) is 3.83. The van der Waals surface area contributed by atoms with Gasteiger partial charge in [-0.1, -0.05) is 17.7 Å². The Labute approximate surface area is 165 Å². The molecule has 1 aromatic carbocycles. The van der Waals surface area contributed by atoms with E-state index >= 15 is 0 Å². The maximum atomic E-state index is 13.9. The van der Waals surface area contributed by atoms with E-state index in [0.717, 1.165) is 0 Å². The van der Waals surface area contributed by atoms with Gasteiger partial charge in [0.05, 0.1) is 5.75 Å². The van der Waals surface area contributed by atoms with E-state index in [1.54, 1.807) is 25.7 Å². The van der Waals surface area contributed by atoms with Crippen LogP contribution in [0.2, 0.25) is 5.02 Å². The van der Waals surface area contributed by atoms with Crippen molar-refractivity contribution in [1.29, 1.82) is 0 Å². The number of hydrogen-bond donors (Lipinski definition) is 0. The molecule has 2 rings (SSSR count). The minimum absolute atomic E-state index is 0.0304. The summed E-state index contributed by atoms with van der Waals surface area (Å²) in [5.74, 6) is -1.14. The van der Waals surface area contributed by atoms with Crippen LogP contribution in [-0.2, 0) is 20.5 Å². The van der Waals surface area contributed by atoms with Gasteiger partial charge >= 0.3 is 6.09 Å². The number of rotatable bonds is 4. The molecule has 9 heteroatoms. The number of piperidine rings is 1. The first kappa shape index (κ1) is 21.9. The lowest BCUT2D eigenvalue weighted by molar-refractivity contribution is 0.0183. The molecule has 0 radical (unpaired) electrons. The standard InChI is InChI=1S/C18H26ClFN2O4S/c1-18(2,3)26-17(23)22-10-8-13(9-11-22)21(4)27(24,25)12-14-15(19)6-5-7-16(14)20/h5-7,13H,8-12H2,1-4H3. The fourth-order valence-corrected chi connectivity index (χ4v) is 4.76. The van der Waals surface area contributed by atoms with Crippen LogP contribution in [0.5, 0.6) is 0 Å². The lowest BCUT2D eigenvalue weighted by Gasteiger charge is -2.36. The first-order valence-corrected chi connectivity index (χ1v) is 10.8. The molecule has 6 nitrogen and oxygen atoms in total. The van der Waals surface area contributed by atoms with Crippen molar-refractivity contribution in [1.82, 2.24) is 9.21 Å². The maximum Gasteiger partial charge on any atom is 0.410 e. The molecular weight excluding hydrogens is 395 g/mol. The van der Waals surface area contributed by atoms with Crippen LogP contribution in [0.1, 0.15) is 39.2 Å². The lowest BCUT2D eigenvalue weighted by Crippen LogP contribution is -2.48. The van der Waals surface area contributed by atoms with E-state index in [1.165, 1.54) is 29.6 Å². The van der Waals surface area contributed by atoms with E-state index in [1.807, 2.05) is 0 Å². The first-order valence-electron chi connectivity index (χ1n) is 8.77. The van der Waals surface area contributed by atoms with Crippen LogP contribution < -0.4 is 0 Å². The minimum Gasteiger partial charge on any atom is -0.444 e. The normalized spacial score (nSPS) is 16.6. The van der Waals surface area contributed by atoms with Crippen molar-refractivity contribution in [3.8, 4) is 0 Å². The molecule has 0 N–H and O–H groups in total. The van der Waals surface area contributed by atoms with Gasteiger partial charge in [-0.2, -0.15) is 0 Å². The monoisotopic (exact) mass is 420 g/mol. The predicted octanol–water partition coefficient (Wildman–Crippen LogP) is 3.64. The third-order valence-corrected chi connectivity index (χ3v) is 6.64. The Hall–Kier alpha value is -1.38. The van der Waals surface area contributed by atoms with Crippen LogP contribution in [0.3, 0.4) is 0 Å². The molecule has 27 heavy (non-hydrogen) atoms.